The number of rotatable bonds is 3. The lowest BCUT2D eigenvalue weighted by molar-refractivity contribution is -0.127. The number of amides is 1. The Morgan fingerprint density at radius 1 is 1.21 bits per heavy atom. The summed E-state index contributed by atoms with van der Waals surface area (Å²) in [6, 6.07) is 8.19. The monoisotopic (exact) mass is 347 g/mol. The van der Waals surface area contributed by atoms with Gasteiger partial charge in [-0.3, -0.25) is 4.79 Å². The van der Waals surface area contributed by atoms with Crippen LogP contribution < -0.4 is 16.0 Å². The molecule has 4 nitrogen and oxygen atoms in total. The minimum Gasteiger partial charge on any atom is -0.368 e. The van der Waals surface area contributed by atoms with Crippen molar-refractivity contribution in [3.8, 4) is 0 Å². The molecule has 1 amide bonds. The summed E-state index contributed by atoms with van der Waals surface area (Å²) in [6.45, 7) is 1.81. The molecule has 4 rings (SSSR count). The van der Waals surface area contributed by atoms with Gasteiger partial charge in [0.25, 0.3) is 0 Å². The number of fused-ring (bicyclic) bond motifs is 2. The first kappa shape index (κ1) is 16.2. The predicted molar refractivity (Wildman–Crippen MR) is 97.1 cm³/mol. The van der Waals surface area contributed by atoms with Crippen LogP contribution in [0.1, 0.15) is 32.1 Å². The van der Waals surface area contributed by atoms with Crippen LogP contribution in [-0.4, -0.2) is 31.1 Å². The summed E-state index contributed by atoms with van der Waals surface area (Å²) < 4.78 is 0. The molecule has 3 aliphatic rings. The summed E-state index contributed by atoms with van der Waals surface area (Å²) in [5, 5.41) is 4.07. The maximum Gasteiger partial charge on any atom is 0.225 e. The van der Waals surface area contributed by atoms with E-state index in [-0.39, 0.29) is 23.9 Å². The maximum absolute atomic E-state index is 12.8. The molecular formula is C19H26ClN3O. The van der Waals surface area contributed by atoms with E-state index in [9.17, 15) is 4.79 Å². The van der Waals surface area contributed by atoms with Crippen molar-refractivity contribution in [3.63, 3.8) is 0 Å². The first-order chi connectivity index (χ1) is 11.6. The number of halogens is 1. The zero-order valence-corrected chi connectivity index (χ0v) is 14.7. The molecule has 3 N–H and O–H groups in total. The van der Waals surface area contributed by atoms with Gasteiger partial charge in [-0.1, -0.05) is 23.7 Å². The van der Waals surface area contributed by atoms with E-state index in [0.717, 1.165) is 43.1 Å². The molecule has 130 valence electrons. The molecule has 1 aromatic rings. The topological polar surface area (TPSA) is 58.4 Å². The van der Waals surface area contributed by atoms with Crippen molar-refractivity contribution >= 4 is 23.2 Å². The van der Waals surface area contributed by atoms with Crippen LogP contribution in [0.2, 0.25) is 5.02 Å². The third kappa shape index (κ3) is 2.91. The lowest BCUT2D eigenvalue weighted by Crippen LogP contribution is -2.52. The quantitative estimate of drug-likeness (QED) is 0.884. The van der Waals surface area contributed by atoms with Crippen LogP contribution in [0.3, 0.4) is 0 Å². The van der Waals surface area contributed by atoms with Crippen LogP contribution >= 0.6 is 11.6 Å². The summed E-state index contributed by atoms with van der Waals surface area (Å²) in [5.41, 5.74) is 7.38. The van der Waals surface area contributed by atoms with Gasteiger partial charge >= 0.3 is 0 Å². The largest absolute Gasteiger partial charge is 0.368 e. The molecule has 5 atom stereocenters. The molecule has 3 fully saturated rings. The first-order valence-corrected chi connectivity index (χ1v) is 9.56. The minimum atomic E-state index is 0.0273. The maximum atomic E-state index is 12.8. The Morgan fingerprint density at radius 3 is 2.75 bits per heavy atom. The Morgan fingerprint density at radius 2 is 2.00 bits per heavy atom. The van der Waals surface area contributed by atoms with E-state index >= 15 is 0 Å². The van der Waals surface area contributed by atoms with Crippen molar-refractivity contribution in [2.24, 2.45) is 23.5 Å². The molecule has 0 aromatic heterocycles. The van der Waals surface area contributed by atoms with Gasteiger partial charge in [-0.05, 0) is 56.1 Å². The number of anilines is 1. The number of nitrogens with zero attached hydrogens (tertiary/aromatic N) is 1. The van der Waals surface area contributed by atoms with Gasteiger partial charge < -0.3 is 16.0 Å². The number of nitrogens with two attached hydrogens (primary N) is 1. The van der Waals surface area contributed by atoms with Gasteiger partial charge in [-0.2, -0.15) is 0 Å². The van der Waals surface area contributed by atoms with Gasteiger partial charge in [0.15, 0.2) is 0 Å². The highest BCUT2D eigenvalue weighted by atomic mass is 35.5. The zero-order valence-electron chi connectivity index (χ0n) is 14.0. The third-order valence-electron chi connectivity index (χ3n) is 6.24. The first-order valence-electron chi connectivity index (χ1n) is 9.19. The number of piperidine rings is 1. The van der Waals surface area contributed by atoms with E-state index < -0.39 is 0 Å². The number of carbonyl (C=O) groups is 1. The molecule has 5 unspecified atom stereocenters. The van der Waals surface area contributed by atoms with Gasteiger partial charge in [0.1, 0.15) is 0 Å². The SMILES string of the molecule is NC1C2CCC(C2)C1C(=O)NC1CCCN(c2ccccc2Cl)C1. The number of hydrogen-bond donors (Lipinski definition) is 2. The number of para-hydroxylation sites is 1. The number of carbonyl (C=O) groups excluding carboxylic acids is 1. The third-order valence-corrected chi connectivity index (χ3v) is 6.56. The van der Waals surface area contributed by atoms with Crippen LogP contribution in [0, 0.1) is 17.8 Å². The van der Waals surface area contributed by atoms with E-state index in [1.54, 1.807) is 0 Å². The van der Waals surface area contributed by atoms with Gasteiger partial charge in [0, 0.05) is 25.2 Å². The fourth-order valence-corrected chi connectivity index (χ4v) is 5.30. The van der Waals surface area contributed by atoms with Crippen LogP contribution in [0.4, 0.5) is 5.69 Å². The van der Waals surface area contributed by atoms with Gasteiger partial charge in [-0.15, -0.1) is 0 Å². The lowest BCUT2D eigenvalue weighted by Gasteiger charge is -2.36. The molecule has 1 aromatic carbocycles. The molecule has 2 saturated carbocycles. The summed E-state index contributed by atoms with van der Waals surface area (Å²) in [6.07, 6.45) is 5.63. The normalized spacial score (nSPS) is 35.2. The second kappa shape index (κ2) is 6.57. The van der Waals surface area contributed by atoms with Crippen molar-refractivity contribution in [1.29, 1.82) is 0 Å². The predicted octanol–water partition coefficient (Wildman–Crippen LogP) is 2.80. The molecule has 1 aliphatic heterocycles. The minimum absolute atomic E-state index is 0.0273. The number of benzene rings is 1. The Bertz CT molecular complexity index is 620. The van der Waals surface area contributed by atoms with Crippen molar-refractivity contribution in [2.45, 2.75) is 44.2 Å². The van der Waals surface area contributed by atoms with Crippen LogP contribution in [0.5, 0.6) is 0 Å². The van der Waals surface area contributed by atoms with Crippen LogP contribution in [-0.2, 0) is 4.79 Å². The van der Waals surface area contributed by atoms with Crippen molar-refractivity contribution < 1.29 is 4.79 Å². The van der Waals surface area contributed by atoms with Crippen molar-refractivity contribution in [3.05, 3.63) is 29.3 Å². The number of hydrogen-bond acceptors (Lipinski definition) is 3. The Hall–Kier alpha value is -1.26. The summed E-state index contributed by atoms with van der Waals surface area (Å²) in [4.78, 5) is 15.1. The average molecular weight is 348 g/mol. The fraction of sp³-hybridized carbons (Fsp3) is 0.632. The van der Waals surface area contributed by atoms with E-state index in [2.05, 4.69) is 16.3 Å². The average Bonchev–Trinajstić information content (AvgIpc) is 3.16. The second-order valence-corrected chi connectivity index (χ2v) is 8.09. The van der Waals surface area contributed by atoms with Crippen LogP contribution in [0.15, 0.2) is 24.3 Å². The highest BCUT2D eigenvalue weighted by Crippen LogP contribution is 2.47. The molecular weight excluding hydrogens is 322 g/mol. The molecule has 2 bridgehead atoms. The van der Waals surface area contributed by atoms with Crippen molar-refractivity contribution in [1.82, 2.24) is 5.32 Å². The molecule has 5 heteroatoms. The van der Waals surface area contributed by atoms with Gasteiger partial charge in [-0.25, -0.2) is 0 Å². The lowest BCUT2D eigenvalue weighted by atomic mass is 9.84. The molecule has 2 aliphatic carbocycles. The summed E-state index contributed by atoms with van der Waals surface area (Å²) in [7, 11) is 0. The van der Waals surface area contributed by atoms with E-state index in [1.807, 2.05) is 18.2 Å². The van der Waals surface area contributed by atoms with E-state index in [1.165, 1.54) is 12.8 Å². The Labute approximate surface area is 148 Å². The van der Waals surface area contributed by atoms with Crippen molar-refractivity contribution in [2.75, 3.05) is 18.0 Å². The molecule has 1 heterocycles. The highest BCUT2D eigenvalue weighted by Gasteiger charge is 2.49. The highest BCUT2D eigenvalue weighted by molar-refractivity contribution is 6.33. The Kier molecular flexibility index (Phi) is 4.44. The standard InChI is InChI=1S/C19H26ClN3O/c20-15-5-1-2-6-16(15)23-9-3-4-14(11-23)22-19(24)17-12-7-8-13(10-12)18(17)21/h1-2,5-6,12-14,17-18H,3-4,7-11,21H2,(H,22,24). The van der Waals surface area contributed by atoms with E-state index in [4.69, 9.17) is 17.3 Å². The Balaban J connectivity index is 1.40. The van der Waals surface area contributed by atoms with Crippen LogP contribution in [0.25, 0.3) is 0 Å². The fourth-order valence-electron chi connectivity index (χ4n) is 5.04. The zero-order chi connectivity index (χ0) is 16.7. The molecule has 1 saturated heterocycles. The van der Waals surface area contributed by atoms with Gasteiger partial charge in [0.2, 0.25) is 5.91 Å². The smallest absolute Gasteiger partial charge is 0.225 e. The number of nitrogens with one attached hydrogen (secondary N) is 1. The summed E-state index contributed by atoms with van der Waals surface area (Å²) >= 11 is 6.33. The second-order valence-electron chi connectivity index (χ2n) is 7.68. The van der Waals surface area contributed by atoms with Gasteiger partial charge in [0.05, 0.1) is 16.6 Å². The molecule has 0 radical (unpaired) electrons. The molecule has 24 heavy (non-hydrogen) atoms. The van der Waals surface area contributed by atoms with E-state index in [0.29, 0.717) is 11.8 Å². The molecule has 0 spiro atoms. The summed E-state index contributed by atoms with van der Waals surface area (Å²) in [5.74, 6) is 1.28.